The fourth-order valence-corrected chi connectivity index (χ4v) is 2.24. The molecule has 0 aliphatic carbocycles. The van der Waals surface area contributed by atoms with Crippen molar-refractivity contribution in [2.75, 3.05) is 18.9 Å². The summed E-state index contributed by atoms with van der Waals surface area (Å²) in [5.41, 5.74) is 7.02. The first-order valence-corrected chi connectivity index (χ1v) is 6.03. The van der Waals surface area contributed by atoms with Gasteiger partial charge < -0.3 is 10.5 Å². The molecule has 0 bridgehead atoms. The molecule has 4 heteroatoms. The Kier molecular flexibility index (Phi) is 3.59. The van der Waals surface area contributed by atoms with Gasteiger partial charge in [-0.05, 0) is 52.7 Å². The minimum atomic E-state index is 0.649. The molecular formula is C11H15BrN2O. The Morgan fingerprint density at radius 3 is 2.80 bits per heavy atom. The molecule has 82 valence electrons. The molecule has 1 saturated heterocycles. The number of nitrogens with zero attached hydrogens (tertiary/aromatic N) is 1. The molecule has 15 heavy (non-hydrogen) atoms. The molecule has 0 atom stereocenters. The first-order valence-electron chi connectivity index (χ1n) is 5.24. The maximum Gasteiger partial charge on any atom is 0.127 e. The van der Waals surface area contributed by atoms with Crippen molar-refractivity contribution in [1.29, 1.82) is 0 Å². The highest BCUT2D eigenvalue weighted by molar-refractivity contribution is 9.10. The van der Waals surface area contributed by atoms with E-state index in [1.807, 2.05) is 6.07 Å². The van der Waals surface area contributed by atoms with Gasteiger partial charge in [-0.3, -0.25) is 0 Å². The van der Waals surface area contributed by atoms with Gasteiger partial charge in [0.1, 0.15) is 10.4 Å². The van der Waals surface area contributed by atoms with Crippen molar-refractivity contribution in [3.63, 3.8) is 0 Å². The van der Waals surface area contributed by atoms with Gasteiger partial charge in [0.2, 0.25) is 0 Å². The third kappa shape index (κ3) is 2.92. The van der Waals surface area contributed by atoms with Crippen LogP contribution in [-0.2, 0) is 11.2 Å². The zero-order valence-electron chi connectivity index (χ0n) is 8.58. The van der Waals surface area contributed by atoms with E-state index in [0.717, 1.165) is 42.6 Å². The molecule has 0 aromatic carbocycles. The first kappa shape index (κ1) is 10.9. The number of aromatic nitrogens is 1. The predicted octanol–water partition coefficient (Wildman–Crippen LogP) is 2.40. The highest BCUT2D eigenvalue weighted by Gasteiger charge is 2.15. The van der Waals surface area contributed by atoms with E-state index in [2.05, 4.69) is 27.0 Å². The number of pyridine rings is 1. The van der Waals surface area contributed by atoms with E-state index in [0.29, 0.717) is 11.7 Å². The SMILES string of the molecule is Nc1nc(Br)ccc1CC1CCOCC1. The first-order chi connectivity index (χ1) is 7.25. The topological polar surface area (TPSA) is 48.1 Å². The number of hydrogen-bond acceptors (Lipinski definition) is 3. The molecule has 1 aliphatic heterocycles. The average molecular weight is 271 g/mol. The predicted molar refractivity (Wildman–Crippen MR) is 63.6 cm³/mol. The highest BCUT2D eigenvalue weighted by Crippen LogP contribution is 2.23. The third-order valence-corrected chi connectivity index (χ3v) is 3.27. The van der Waals surface area contributed by atoms with Crippen molar-refractivity contribution in [3.8, 4) is 0 Å². The zero-order chi connectivity index (χ0) is 10.7. The molecule has 0 spiro atoms. The van der Waals surface area contributed by atoms with Crippen LogP contribution in [0.5, 0.6) is 0 Å². The van der Waals surface area contributed by atoms with Gasteiger partial charge in [0.25, 0.3) is 0 Å². The van der Waals surface area contributed by atoms with Gasteiger partial charge in [0.15, 0.2) is 0 Å². The summed E-state index contributed by atoms with van der Waals surface area (Å²) in [5.74, 6) is 1.35. The maximum absolute atomic E-state index is 5.87. The molecule has 0 unspecified atom stereocenters. The molecular weight excluding hydrogens is 256 g/mol. The summed E-state index contributed by atoms with van der Waals surface area (Å²) in [6.45, 7) is 1.77. The van der Waals surface area contributed by atoms with Crippen LogP contribution in [0, 0.1) is 5.92 Å². The van der Waals surface area contributed by atoms with Crippen molar-refractivity contribution in [2.45, 2.75) is 19.3 Å². The van der Waals surface area contributed by atoms with Gasteiger partial charge in [0.05, 0.1) is 0 Å². The van der Waals surface area contributed by atoms with Crippen molar-refractivity contribution in [1.82, 2.24) is 4.98 Å². The molecule has 2 N–H and O–H groups in total. The summed E-state index contributed by atoms with van der Waals surface area (Å²) in [6.07, 6.45) is 3.29. The van der Waals surface area contributed by atoms with Crippen molar-refractivity contribution < 1.29 is 4.74 Å². The Balaban J connectivity index is 2.03. The summed E-state index contributed by atoms with van der Waals surface area (Å²) < 4.78 is 6.13. The lowest BCUT2D eigenvalue weighted by Gasteiger charge is -2.22. The van der Waals surface area contributed by atoms with Crippen molar-refractivity contribution >= 4 is 21.7 Å². The molecule has 0 radical (unpaired) electrons. The van der Waals surface area contributed by atoms with Crippen LogP contribution >= 0.6 is 15.9 Å². The number of ether oxygens (including phenoxy) is 1. The van der Waals surface area contributed by atoms with Gasteiger partial charge >= 0.3 is 0 Å². The lowest BCUT2D eigenvalue weighted by atomic mass is 9.93. The Hall–Kier alpha value is -0.610. The minimum Gasteiger partial charge on any atom is -0.383 e. The Morgan fingerprint density at radius 1 is 1.40 bits per heavy atom. The van der Waals surface area contributed by atoms with E-state index in [1.165, 1.54) is 0 Å². The highest BCUT2D eigenvalue weighted by atomic mass is 79.9. The Morgan fingerprint density at radius 2 is 2.13 bits per heavy atom. The Labute approximate surface area is 98.2 Å². The molecule has 3 nitrogen and oxygen atoms in total. The van der Waals surface area contributed by atoms with Crippen molar-refractivity contribution in [2.24, 2.45) is 5.92 Å². The second-order valence-corrected chi connectivity index (χ2v) is 4.75. The summed E-state index contributed by atoms with van der Waals surface area (Å²) in [7, 11) is 0. The number of rotatable bonds is 2. The summed E-state index contributed by atoms with van der Waals surface area (Å²) in [6, 6.07) is 4.01. The van der Waals surface area contributed by atoms with E-state index in [1.54, 1.807) is 0 Å². The lowest BCUT2D eigenvalue weighted by molar-refractivity contribution is 0.0665. The molecule has 1 aromatic rings. The van der Waals surface area contributed by atoms with Crippen LogP contribution in [0.25, 0.3) is 0 Å². The van der Waals surface area contributed by atoms with E-state index >= 15 is 0 Å². The van der Waals surface area contributed by atoms with Crippen LogP contribution in [-0.4, -0.2) is 18.2 Å². The van der Waals surface area contributed by atoms with Crippen LogP contribution < -0.4 is 5.73 Å². The lowest BCUT2D eigenvalue weighted by Crippen LogP contribution is -2.18. The van der Waals surface area contributed by atoms with E-state index in [-0.39, 0.29) is 0 Å². The minimum absolute atomic E-state index is 0.649. The van der Waals surface area contributed by atoms with Crippen LogP contribution in [0.1, 0.15) is 18.4 Å². The van der Waals surface area contributed by atoms with Gasteiger partial charge in [-0.1, -0.05) is 6.07 Å². The quantitative estimate of drug-likeness (QED) is 0.840. The summed E-state index contributed by atoms with van der Waals surface area (Å²) in [4.78, 5) is 4.20. The van der Waals surface area contributed by atoms with Crippen molar-refractivity contribution in [3.05, 3.63) is 22.3 Å². The fraction of sp³-hybridized carbons (Fsp3) is 0.545. The zero-order valence-corrected chi connectivity index (χ0v) is 10.2. The Bertz CT molecular complexity index is 337. The largest absolute Gasteiger partial charge is 0.383 e. The second kappa shape index (κ2) is 4.94. The number of hydrogen-bond donors (Lipinski definition) is 1. The van der Waals surface area contributed by atoms with E-state index < -0.39 is 0 Å². The third-order valence-electron chi connectivity index (χ3n) is 2.83. The molecule has 0 amide bonds. The number of nitrogens with two attached hydrogens (primary N) is 1. The van der Waals surface area contributed by atoms with Crippen LogP contribution in [0.3, 0.4) is 0 Å². The normalized spacial score (nSPS) is 17.9. The monoisotopic (exact) mass is 270 g/mol. The van der Waals surface area contributed by atoms with Crippen LogP contribution in [0.2, 0.25) is 0 Å². The standard InChI is InChI=1S/C11H15BrN2O/c12-10-2-1-9(11(13)14-10)7-8-3-5-15-6-4-8/h1-2,8H,3-7H2,(H2,13,14). The molecule has 2 heterocycles. The maximum atomic E-state index is 5.87. The summed E-state index contributed by atoms with van der Waals surface area (Å²) in [5, 5.41) is 0. The van der Waals surface area contributed by atoms with Crippen LogP contribution in [0.15, 0.2) is 16.7 Å². The molecule has 1 fully saturated rings. The molecule has 0 saturated carbocycles. The fourth-order valence-electron chi connectivity index (χ4n) is 1.91. The number of anilines is 1. The number of halogens is 1. The van der Waals surface area contributed by atoms with Gasteiger partial charge in [-0.2, -0.15) is 0 Å². The average Bonchev–Trinajstić information content (AvgIpc) is 2.24. The van der Waals surface area contributed by atoms with Gasteiger partial charge in [0, 0.05) is 13.2 Å². The smallest absolute Gasteiger partial charge is 0.127 e. The van der Waals surface area contributed by atoms with Gasteiger partial charge in [-0.15, -0.1) is 0 Å². The van der Waals surface area contributed by atoms with E-state index in [4.69, 9.17) is 10.5 Å². The molecule has 1 aromatic heterocycles. The van der Waals surface area contributed by atoms with Gasteiger partial charge in [-0.25, -0.2) is 4.98 Å². The van der Waals surface area contributed by atoms with E-state index in [9.17, 15) is 0 Å². The molecule has 1 aliphatic rings. The summed E-state index contributed by atoms with van der Waals surface area (Å²) >= 11 is 3.31. The second-order valence-electron chi connectivity index (χ2n) is 3.94. The molecule has 2 rings (SSSR count). The van der Waals surface area contributed by atoms with Crippen LogP contribution in [0.4, 0.5) is 5.82 Å². The number of nitrogen functional groups attached to an aromatic ring is 1.